The Bertz CT molecular complexity index is 242. The lowest BCUT2D eigenvalue weighted by Gasteiger charge is -2.11. The van der Waals surface area contributed by atoms with E-state index in [2.05, 4.69) is 17.2 Å². The van der Waals surface area contributed by atoms with E-state index in [4.69, 9.17) is 5.73 Å². The average Bonchev–Trinajstić information content (AvgIpc) is 2.50. The molecule has 0 saturated carbocycles. The second-order valence-corrected chi connectivity index (χ2v) is 4.53. The summed E-state index contributed by atoms with van der Waals surface area (Å²) in [7, 11) is 0. The van der Waals surface area contributed by atoms with Crippen LogP contribution in [-0.4, -0.2) is 28.9 Å². The third kappa shape index (κ3) is 3.57. The third-order valence-corrected chi connectivity index (χ3v) is 3.11. The fourth-order valence-electron chi connectivity index (χ4n) is 1.27. The molecular weight excluding hydrogens is 198 g/mol. The topological polar surface area (TPSA) is 67.5 Å². The quantitative estimate of drug-likeness (QED) is 0.726. The van der Waals surface area contributed by atoms with E-state index in [9.17, 15) is 4.79 Å². The normalized spacial score (nSPS) is 23.0. The summed E-state index contributed by atoms with van der Waals surface area (Å²) < 4.78 is 0. The Morgan fingerprint density at radius 2 is 2.57 bits per heavy atom. The molecule has 1 amide bonds. The molecule has 0 aromatic rings. The van der Waals surface area contributed by atoms with Gasteiger partial charge in [0.25, 0.3) is 0 Å². The number of amidine groups is 1. The summed E-state index contributed by atoms with van der Waals surface area (Å²) in [5.41, 5.74) is 5.10. The van der Waals surface area contributed by atoms with Crippen LogP contribution in [0.2, 0.25) is 0 Å². The summed E-state index contributed by atoms with van der Waals surface area (Å²) >= 11 is 1.72. The molecule has 1 aliphatic heterocycles. The standard InChI is InChI=1S/C9H17N3OS/c1-3-7-5-14-9(12-7)11-6(2)4-8(10)13/h6-7H,3-5H2,1-2H3,(H2,10,13)(H,11,12). The number of aliphatic imine (C=N–C) groups is 1. The van der Waals surface area contributed by atoms with Crippen LogP contribution < -0.4 is 11.1 Å². The third-order valence-electron chi connectivity index (χ3n) is 2.06. The smallest absolute Gasteiger partial charge is 0.219 e. The second-order valence-electron chi connectivity index (χ2n) is 3.52. The first-order chi connectivity index (χ1) is 6.61. The number of hydrogen-bond acceptors (Lipinski definition) is 4. The molecule has 1 heterocycles. The van der Waals surface area contributed by atoms with Crippen molar-refractivity contribution in [2.75, 3.05) is 5.75 Å². The summed E-state index contributed by atoms with van der Waals surface area (Å²) in [6, 6.07) is 0.512. The van der Waals surface area contributed by atoms with Crippen LogP contribution in [0.3, 0.4) is 0 Å². The first-order valence-corrected chi connectivity index (χ1v) is 5.85. The molecule has 0 radical (unpaired) electrons. The van der Waals surface area contributed by atoms with Crippen molar-refractivity contribution >= 4 is 22.8 Å². The van der Waals surface area contributed by atoms with Crippen molar-refractivity contribution in [3.63, 3.8) is 0 Å². The van der Waals surface area contributed by atoms with Crippen LogP contribution in [0, 0.1) is 0 Å². The molecule has 0 aromatic carbocycles. The van der Waals surface area contributed by atoms with Gasteiger partial charge in [0.1, 0.15) is 0 Å². The lowest BCUT2D eigenvalue weighted by molar-refractivity contribution is -0.118. The van der Waals surface area contributed by atoms with Gasteiger partial charge >= 0.3 is 0 Å². The summed E-state index contributed by atoms with van der Waals surface area (Å²) in [5, 5.41) is 4.14. The van der Waals surface area contributed by atoms with E-state index in [1.807, 2.05) is 6.92 Å². The molecule has 1 aliphatic rings. The number of nitrogens with zero attached hydrogens (tertiary/aromatic N) is 1. The molecule has 2 unspecified atom stereocenters. The molecule has 0 aromatic heterocycles. The summed E-state index contributed by atoms with van der Waals surface area (Å²) in [4.78, 5) is 15.1. The maximum Gasteiger partial charge on any atom is 0.219 e. The molecule has 0 bridgehead atoms. The number of rotatable bonds is 4. The van der Waals surface area contributed by atoms with Crippen LogP contribution in [0.4, 0.5) is 0 Å². The Balaban J connectivity index is 2.34. The van der Waals surface area contributed by atoms with Crippen molar-refractivity contribution in [3.8, 4) is 0 Å². The van der Waals surface area contributed by atoms with Gasteiger partial charge in [0.2, 0.25) is 5.91 Å². The molecule has 14 heavy (non-hydrogen) atoms. The zero-order valence-corrected chi connectivity index (χ0v) is 9.43. The van der Waals surface area contributed by atoms with E-state index < -0.39 is 0 Å². The number of nitrogens with two attached hydrogens (primary N) is 1. The number of hydrogen-bond donors (Lipinski definition) is 2. The van der Waals surface area contributed by atoms with E-state index in [-0.39, 0.29) is 11.9 Å². The molecule has 0 aliphatic carbocycles. The van der Waals surface area contributed by atoms with Gasteiger partial charge in [-0.15, -0.1) is 0 Å². The van der Waals surface area contributed by atoms with Gasteiger partial charge in [-0.3, -0.25) is 9.79 Å². The van der Waals surface area contributed by atoms with E-state index in [1.165, 1.54) is 0 Å². The maximum absolute atomic E-state index is 10.6. The maximum atomic E-state index is 10.6. The van der Waals surface area contributed by atoms with E-state index in [1.54, 1.807) is 11.8 Å². The minimum atomic E-state index is -0.277. The number of amides is 1. The highest BCUT2D eigenvalue weighted by Crippen LogP contribution is 2.18. The van der Waals surface area contributed by atoms with Crippen LogP contribution in [0.25, 0.3) is 0 Å². The highest BCUT2D eigenvalue weighted by atomic mass is 32.2. The number of carbonyl (C=O) groups excluding carboxylic acids is 1. The molecule has 0 saturated heterocycles. The van der Waals surface area contributed by atoms with Crippen molar-refractivity contribution in [2.24, 2.45) is 10.7 Å². The molecule has 2 atom stereocenters. The number of primary amides is 1. The lowest BCUT2D eigenvalue weighted by Crippen LogP contribution is -2.33. The highest BCUT2D eigenvalue weighted by Gasteiger charge is 2.18. The van der Waals surface area contributed by atoms with Gasteiger partial charge < -0.3 is 11.1 Å². The van der Waals surface area contributed by atoms with Crippen molar-refractivity contribution in [1.82, 2.24) is 5.32 Å². The Morgan fingerprint density at radius 3 is 3.07 bits per heavy atom. The number of nitrogens with one attached hydrogen (secondary N) is 1. The van der Waals surface area contributed by atoms with Crippen LogP contribution in [-0.2, 0) is 4.79 Å². The predicted molar refractivity (Wildman–Crippen MR) is 60.4 cm³/mol. The van der Waals surface area contributed by atoms with Gasteiger partial charge in [-0.05, 0) is 13.3 Å². The van der Waals surface area contributed by atoms with Crippen LogP contribution in [0.5, 0.6) is 0 Å². The van der Waals surface area contributed by atoms with Crippen LogP contribution in [0.15, 0.2) is 4.99 Å². The summed E-state index contributed by atoms with van der Waals surface area (Å²) in [5.74, 6) is 0.767. The first kappa shape index (κ1) is 11.4. The summed E-state index contributed by atoms with van der Waals surface area (Å²) in [6.07, 6.45) is 1.43. The largest absolute Gasteiger partial charge is 0.370 e. The molecule has 4 nitrogen and oxygen atoms in total. The molecular formula is C9H17N3OS. The summed E-state index contributed by atoms with van der Waals surface area (Å²) in [6.45, 7) is 4.07. The van der Waals surface area contributed by atoms with E-state index in [0.29, 0.717) is 12.5 Å². The monoisotopic (exact) mass is 215 g/mol. The molecule has 80 valence electrons. The molecule has 5 heteroatoms. The molecule has 0 spiro atoms. The van der Waals surface area contributed by atoms with Crippen molar-refractivity contribution in [1.29, 1.82) is 0 Å². The molecule has 1 rings (SSSR count). The predicted octanol–water partition coefficient (Wildman–Crippen LogP) is 0.721. The minimum absolute atomic E-state index is 0.0781. The highest BCUT2D eigenvalue weighted by molar-refractivity contribution is 8.14. The Hall–Kier alpha value is -0.710. The van der Waals surface area contributed by atoms with Crippen LogP contribution in [0.1, 0.15) is 26.7 Å². The van der Waals surface area contributed by atoms with Crippen molar-refractivity contribution in [2.45, 2.75) is 38.8 Å². The van der Waals surface area contributed by atoms with Gasteiger partial charge in [-0.1, -0.05) is 18.7 Å². The molecule has 0 fully saturated rings. The van der Waals surface area contributed by atoms with Gasteiger partial charge in [-0.2, -0.15) is 0 Å². The number of carbonyl (C=O) groups is 1. The Morgan fingerprint density at radius 1 is 1.86 bits per heavy atom. The fourth-order valence-corrected chi connectivity index (χ4v) is 2.44. The van der Waals surface area contributed by atoms with Crippen LogP contribution >= 0.6 is 11.8 Å². The fraction of sp³-hybridized carbons (Fsp3) is 0.778. The first-order valence-electron chi connectivity index (χ1n) is 4.87. The van der Waals surface area contributed by atoms with Gasteiger partial charge in [-0.25, -0.2) is 0 Å². The Kier molecular flexibility index (Phi) is 4.25. The minimum Gasteiger partial charge on any atom is -0.370 e. The van der Waals surface area contributed by atoms with Gasteiger partial charge in [0.15, 0.2) is 5.17 Å². The average molecular weight is 215 g/mol. The second kappa shape index (κ2) is 5.24. The van der Waals surface area contributed by atoms with Crippen molar-refractivity contribution < 1.29 is 4.79 Å². The Labute approximate surface area is 88.7 Å². The zero-order valence-electron chi connectivity index (χ0n) is 8.62. The molecule has 3 N–H and O–H groups in total. The van der Waals surface area contributed by atoms with Gasteiger partial charge in [0.05, 0.1) is 6.04 Å². The van der Waals surface area contributed by atoms with Crippen molar-refractivity contribution in [3.05, 3.63) is 0 Å². The van der Waals surface area contributed by atoms with E-state index in [0.717, 1.165) is 17.3 Å². The van der Waals surface area contributed by atoms with E-state index >= 15 is 0 Å². The zero-order chi connectivity index (χ0) is 10.6. The SMILES string of the molecule is CCC1CSC(NC(C)CC(N)=O)=N1. The lowest BCUT2D eigenvalue weighted by atomic mass is 10.2. The number of thioether (sulfide) groups is 1. The van der Waals surface area contributed by atoms with Gasteiger partial charge in [0, 0.05) is 18.2 Å².